The number of rotatable bonds is 13. The molecule has 0 amide bonds. The summed E-state index contributed by atoms with van der Waals surface area (Å²) in [5.41, 5.74) is 1.44. The van der Waals surface area contributed by atoms with Gasteiger partial charge in [-0.25, -0.2) is 4.79 Å². The molecule has 0 atom stereocenters. The largest absolute Gasteiger partial charge is 0.423 e. The van der Waals surface area contributed by atoms with E-state index in [1.54, 1.807) is 0 Å². The SMILES string of the molecule is C=C(CO)C(=O)Oc1ccc(C2CCC(C3CCC(CCCCCCCCC)CC3)CC2)cc1. The number of aliphatic hydroxyl groups is 1. The Balaban J connectivity index is 1.32. The Morgan fingerprint density at radius 2 is 1.41 bits per heavy atom. The zero-order valence-electron chi connectivity index (χ0n) is 21.6. The van der Waals surface area contributed by atoms with E-state index < -0.39 is 5.97 Å². The van der Waals surface area contributed by atoms with Crippen LogP contribution in [-0.4, -0.2) is 17.7 Å². The molecule has 0 bridgehead atoms. The zero-order chi connectivity index (χ0) is 24.2. The molecule has 1 N–H and O–H groups in total. The predicted molar refractivity (Wildman–Crippen MR) is 141 cm³/mol. The number of esters is 1. The van der Waals surface area contributed by atoms with Crippen LogP contribution in [0, 0.1) is 17.8 Å². The average Bonchev–Trinajstić information content (AvgIpc) is 2.88. The van der Waals surface area contributed by atoms with E-state index in [4.69, 9.17) is 9.84 Å². The number of hydrogen-bond donors (Lipinski definition) is 1. The van der Waals surface area contributed by atoms with Crippen molar-refractivity contribution in [1.82, 2.24) is 0 Å². The topological polar surface area (TPSA) is 46.5 Å². The van der Waals surface area contributed by atoms with Gasteiger partial charge in [0.15, 0.2) is 0 Å². The highest BCUT2D eigenvalue weighted by Gasteiger charge is 2.31. The average molecular weight is 469 g/mol. The number of carbonyl (C=O) groups excluding carboxylic acids is 1. The van der Waals surface area contributed by atoms with Crippen LogP contribution in [0.4, 0.5) is 0 Å². The summed E-state index contributed by atoms with van der Waals surface area (Å²) in [4.78, 5) is 11.8. The van der Waals surface area contributed by atoms with Gasteiger partial charge < -0.3 is 9.84 Å². The molecule has 2 aliphatic rings. The number of carbonyl (C=O) groups is 1. The maximum Gasteiger partial charge on any atom is 0.341 e. The van der Waals surface area contributed by atoms with Gasteiger partial charge in [0.25, 0.3) is 0 Å². The van der Waals surface area contributed by atoms with Crippen LogP contribution in [0.3, 0.4) is 0 Å². The van der Waals surface area contributed by atoms with E-state index >= 15 is 0 Å². The molecule has 0 spiro atoms. The van der Waals surface area contributed by atoms with Gasteiger partial charge in [-0.15, -0.1) is 0 Å². The van der Waals surface area contributed by atoms with Crippen molar-refractivity contribution in [1.29, 1.82) is 0 Å². The molecule has 0 aromatic heterocycles. The Morgan fingerprint density at radius 3 is 2.00 bits per heavy atom. The lowest BCUT2D eigenvalue weighted by Crippen LogP contribution is -2.25. The van der Waals surface area contributed by atoms with E-state index in [-0.39, 0.29) is 12.2 Å². The summed E-state index contributed by atoms with van der Waals surface area (Å²) in [7, 11) is 0. The maximum absolute atomic E-state index is 11.8. The second kappa shape index (κ2) is 14.7. The van der Waals surface area contributed by atoms with Crippen LogP contribution in [-0.2, 0) is 4.79 Å². The van der Waals surface area contributed by atoms with Crippen LogP contribution in [0.1, 0.15) is 121 Å². The summed E-state index contributed by atoms with van der Waals surface area (Å²) in [6.07, 6.45) is 22.7. The van der Waals surface area contributed by atoms with Gasteiger partial charge >= 0.3 is 5.97 Å². The van der Waals surface area contributed by atoms with Crippen molar-refractivity contribution >= 4 is 5.97 Å². The molecule has 1 aromatic carbocycles. The summed E-state index contributed by atoms with van der Waals surface area (Å²) < 4.78 is 5.27. The van der Waals surface area contributed by atoms with Crippen molar-refractivity contribution in [3.63, 3.8) is 0 Å². The minimum Gasteiger partial charge on any atom is -0.423 e. The first kappa shape index (κ1) is 27.0. The number of aliphatic hydroxyl groups excluding tert-OH is 1. The Bertz CT molecular complexity index is 722. The van der Waals surface area contributed by atoms with Crippen LogP contribution in [0.5, 0.6) is 5.75 Å². The molecule has 0 unspecified atom stereocenters. The van der Waals surface area contributed by atoms with Crippen molar-refractivity contribution in [2.24, 2.45) is 17.8 Å². The van der Waals surface area contributed by atoms with Crippen LogP contribution < -0.4 is 4.74 Å². The minimum absolute atomic E-state index is 0.0780. The standard InChI is InChI=1S/C31H48O3/c1-3-4-5-6-7-8-9-10-25-11-13-26(14-12-25)27-15-17-28(18-16-27)29-19-21-30(22-20-29)34-31(33)24(2)23-32/h19-22,25-28,32H,2-18,23H2,1H3. The Kier molecular flexibility index (Phi) is 11.7. The minimum atomic E-state index is -0.562. The molecular weight excluding hydrogens is 420 g/mol. The highest BCUT2D eigenvalue weighted by Crippen LogP contribution is 2.44. The highest BCUT2D eigenvalue weighted by atomic mass is 16.5. The lowest BCUT2D eigenvalue weighted by molar-refractivity contribution is -0.130. The summed E-state index contributed by atoms with van der Waals surface area (Å²) in [5, 5.41) is 9.00. The predicted octanol–water partition coefficient (Wildman–Crippen LogP) is 8.36. The van der Waals surface area contributed by atoms with E-state index in [1.807, 2.05) is 12.1 Å². The van der Waals surface area contributed by atoms with Gasteiger partial charge in [0.05, 0.1) is 12.2 Å². The molecular formula is C31H48O3. The lowest BCUT2D eigenvalue weighted by Gasteiger charge is -2.38. The maximum atomic E-state index is 11.8. The fraction of sp³-hybridized carbons (Fsp3) is 0.710. The Labute approximate surface area is 208 Å². The number of unbranched alkanes of at least 4 members (excludes halogenated alkanes) is 6. The number of hydrogen-bond acceptors (Lipinski definition) is 3. The summed E-state index contributed by atoms with van der Waals surface area (Å²) in [5.74, 6) is 3.48. The third kappa shape index (κ3) is 8.56. The van der Waals surface area contributed by atoms with Gasteiger partial charge in [0.1, 0.15) is 5.75 Å². The van der Waals surface area contributed by atoms with Gasteiger partial charge in [-0.3, -0.25) is 0 Å². The van der Waals surface area contributed by atoms with Crippen LogP contribution in [0.2, 0.25) is 0 Å². The summed E-state index contributed by atoms with van der Waals surface area (Å²) >= 11 is 0. The fourth-order valence-electron chi connectivity index (χ4n) is 6.31. The van der Waals surface area contributed by atoms with Crippen LogP contribution in [0.25, 0.3) is 0 Å². The molecule has 3 nitrogen and oxygen atoms in total. The monoisotopic (exact) mass is 468 g/mol. The molecule has 0 aliphatic heterocycles. The molecule has 2 aliphatic carbocycles. The van der Waals surface area contributed by atoms with Gasteiger partial charge in [-0.2, -0.15) is 0 Å². The van der Waals surface area contributed by atoms with Crippen LogP contribution >= 0.6 is 0 Å². The molecule has 190 valence electrons. The molecule has 0 radical (unpaired) electrons. The molecule has 2 saturated carbocycles. The van der Waals surface area contributed by atoms with Crippen molar-refractivity contribution in [3.8, 4) is 5.75 Å². The molecule has 34 heavy (non-hydrogen) atoms. The van der Waals surface area contributed by atoms with E-state index in [9.17, 15) is 4.79 Å². The van der Waals surface area contributed by atoms with Crippen molar-refractivity contribution in [3.05, 3.63) is 42.0 Å². The van der Waals surface area contributed by atoms with Crippen LogP contribution in [0.15, 0.2) is 36.4 Å². The van der Waals surface area contributed by atoms with Gasteiger partial charge in [0.2, 0.25) is 0 Å². The van der Waals surface area contributed by atoms with Crippen molar-refractivity contribution < 1.29 is 14.6 Å². The summed E-state index contributed by atoms with van der Waals surface area (Å²) in [6, 6.07) is 7.95. The lowest BCUT2D eigenvalue weighted by atomic mass is 9.68. The quantitative estimate of drug-likeness (QED) is 0.137. The first-order chi connectivity index (χ1) is 16.6. The Morgan fingerprint density at radius 1 is 0.853 bits per heavy atom. The van der Waals surface area contributed by atoms with E-state index in [0.717, 1.165) is 17.8 Å². The molecule has 3 heteroatoms. The highest BCUT2D eigenvalue weighted by molar-refractivity contribution is 5.89. The first-order valence-corrected chi connectivity index (χ1v) is 14.2. The number of ether oxygens (including phenoxy) is 1. The fourth-order valence-corrected chi connectivity index (χ4v) is 6.31. The van der Waals surface area contributed by atoms with E-state index in [0.29, 0.717) is 11.7 Å². The van der Waals surface area contributed by atoms with Gasteiger partial charge in [-0.1, -0.05) is 89.8 Å². The third-order valence-corrected chi connectivity index (χ3v) is 8.59. The molecule has 3 rings (SSSR count). The van der Waals surface area contributed by atoms with E-state index in [2.05, 4.69) is 25.6 Å². The molecule has 2 fully saturated rings. The smallest absolute Gasteiger partial charge is 0.341 e. The second-order valence-electron chi connectivity index (χ2n) is 11.0. The zero-order valence-corrected chi connectivity index (χ0v) is 21.6. The molecule has 0 heterocycles. The summed E-state index contributed by atoms with van der Waals surface area (Å²) in [6.45, 7) is 5.43. The van der Waals surface area contributed by atoms with Gasteiger partial charge in [0, 0.05) is 0 Å². The Hall–Kier alpha value is -1.61. The van der Waals surface area contributed by atoms with E-state index in [1.165, 1.54) is 108 Å². The van der Waals surface area contributed by atoms with Crippen molar-refractivity contribution in [2.45, 2.75) is 116 Å². The van der Waals surface area contributed by atoms with Crippen molar-refractivity contribution in [2.75, 3.05) is 6.61 Å². The first-order valence-electron chi connectivity index (χ1n) is 14.2. The molecule has 1 aromatic rings. The van der Waals surface area contributed by atoms with Gasteiger partial charge in [-0.05, 0) is 79.9 Å². The number of benzene rings is 1. The normalized spacial score (nSPS) is 25.1. The third-order valence-electron chi connectivity index (χ3n) is 8.59. The molecule has 0 saturated heterocycles. The second-order valence-corrected chi connectivity index (χ2v) is 11.0.